The third-order valence-corrected chi connectivity index (χ3v) is 3.24. The third kappa shape index (κ3) is 3.23. The molecule has 0 aromatic heterocycles. The summed E-state index contributed by atoms with van der Waals surface area (Å²) in [6.07, 6.45) is 6.02. The fourth-order valence-corrected chi connectivity index (χ4v) is 2.11. The van der Waals surface area contributed by atoms with E-state index in [0.717, 1.165) is 0 Å². The van der Waals surface area contributed by atoms with Gasteiger partial charge in [0.25, 0.3) is 0 Å². The molecule has 0 N–H and O–H groups in total. The first-order chi connectivity index (χ1) is 7.58. The van der Waals surface area contributed by atoms with Crippen molar-refractivity contribution in [1.29, 1.82) is 0 Å². The Labute approximate surface area is 100 Å². The lowest BCUT2D eigenvalue weighted by Gasteiger charge is -2.09. The van der Waals surface area contributed by atoms with Gasteiger partial charge in [-0.3, -0.25) is 0 Å². The van der Waals surface area contributed by atoms with Gasteiger partial charge in [0, 0.05) is 0 Å². The highest BCUT2D eigenvalue weighted by Gasteiger charge is 2.01. The van der Waals surface area contributed by atoms with Crippen LogP contribution < -0.4 is 0 Å². The quantitative estimate of drug-likeness (QED) is 0.648. The zero-order valence-electron chi connectivity index (χ0n) is 11.4. The molecular formula is C16H24. The van der Waals surface area contributed by atoms with E-state index in [9.17, 15) is 0 Å². The number of hydrogen-bond acceptors (Lipinski definition) is 0. The molecule has 0 heterocycles. The summed E-state index contributed by atoms with van der Waals surface area (Å²) >= 11 is 0. The van der Waals surface area contributed by atoms with Gasteiger partial charge in [-0.1, -0.05) is 49.6 Å². The van der Waals surface area contributed by atoms with E-state index in [2.05, 4.69) is 52.8 Å². The molecule has 1 rings (SSSR count). The molecule has 1 aromatic carbocycles. The Balaban J connectivity index is 3.12. The van der Waals surface area contributed by atoms with Crippen molar-refractivity contribution in [1.82, 2.24) is 0 Å². The van der Waals surface area contributed by atoms with Crippen LogP contribution >= 0.6 is 0 Å². The van der Waals surface area contributed by atoms with Crippen molar-refractivity contribution in [3.05, 3.63) is 40.0 Å². The molecule has 0 spiro atoms. The zero-order chi connectivity index (χ0) is 12.1. The van der Waals surface area contributed by atoms with E-state index in [1.165, 1.54) is 41.5 Å². The Morgan fingerprint density at radius 1 is 1.12 bits per heavy atom. The summed E-state index contributed by atoms with van der Waals surface area (Å²) in [6, 6.07) is 4.56. The van der Waals surface area contributed by atoms with Gasteiger partial charge in [-0.2, -0.15) is 0 Å². The van der Waals surface area contributed by atoms with E-state index in [-0.39, 0.29) is 0 Å². The molecule has 0 aliphatic heterocycles. The van der Waals surface area contributed by atoms with Gasteiger partial charge < -0.3 is 0 Å². The first-order valence-corrected chi connectivity index (χ1v) is 6.35. The molecule has 0 unspecified atom stereocenters. The van der Waals surface area contributed by atoms with Gasteiger partial charge >= 0.3 is 0 Å². The van der Waals surface area contributed by atoms with Crippen LogP contribution in [0, 0.1) is 20.8 Å². The smallest absolute Gasteiger partial charge is 0.0223 e. The monoisotopic (exact) mass is 216 g/mol. The van der Waals surface area contributed by atoms with E-state index in [1.807, 2.05) is 0 Å². The van der Waals surface area contributed by atoms with Crippen molar-refractivity contribution >= 4 is 6.08 Å². The normalized spacial score (nSPS) is 11.9. The van der Waals surface area contributed by atoms with Crippen molar-refractivity contribution in [2.45, 2.75) is 53.9 Å². The molecule has 16 heavy (non-hydrogen) atoms. The summed E-state index contributed by atoms with van der Waals surface area (Å²) in [6.45, 7) is 11.1. The largest absolute Gasteiger partial charge is 0.0699 e. The lowest BCUT2D eigenvalue weighted by Crippen LogP contribution is -1.90. The van der Waals surface area contributed by atoms with Crippen molar-refractivity contribution in [3.63, 3.8) is 0 Å². The molecule has 0 atom stereocenters. The highest BCUT2D eigenvalue weighted by molar-refractivity contribution is 5.59. The summed E-state index contributed by atoms with van der Waals surface area (Å²) in [5, 5.41) is 0. The molecule has 0 radical (unpaired) electrons. The molecule has 0 amide bonds. The zero-order valence-corrected chi connectivity index (χ0v) is 11.4. The van der Waals surface area contributed by atoms with Gasteiger partial charge in [0.1, 0.15) is 0 Å². The standard InChI is InChI=1S/C16H24/c1-6-8-15(7-2)11-16-10-12(3)9-13(4)14(16)5/h9-11H,6-8H2,1-5H3/b15-11-. The molecule has 0 saturated carbocycles. The summed E-state index contributed by atoms with van der Waals surface area (Å²) in [4.78, 5) is 0. The van der Waals surface area contributed by atoms with Crippen molar-refractivity contribution < 1.29 is 0 Å². The molecule has 1 aromatic rings. The number of hydrogen-bond donors (Lipinski definition) is 0. The fraction of sp³-hybridized carbons (Fsp3) is 0.500. The third-order valence-electron chi connectivity index (χ3n) is 3.24. The number of rotatable bonds is 4. The van der Waals surface area contributed by atoms with Crippen molar-refractivity contribution in [2.75, 3.05) is 0 Å². The van der Waals surface area contributed by atoms with Crippen molar-refractivity contribution in [3.8, 4) is 0 Å². The van der Waals surface area contributed by atoms with E-state index in [4.69, 9.17) is 0 Å². The summed E-state index contributed by atoms with van der Waals surface area (Å²) in [5.41, 5.74) is 7.16. The van der Waals surface area contributed by atoms with Crippen LogP contribution in [0.25, 0.3) is 6.08 Å². The SMILES string of the molecule is CCC/C(=C\c1cc(C)cc(C)c1C)CC. The second kappa shape index (κ2) is 5.89. The maximum Gasteiger partial charge on any atom is -0.0223 e. The predicted molar refractivity (Wildman–Crippen MR) is 73.8 cm³/mol. The average Bonchev–Trinajstić information content (AvgIpc) is 2.24. The van der Waals surface area contributed by atoms with E-state index in [0.29, 0.717) is 0 Å². The van der Waals surface area contributed by atoms with Gasteiger partial charge in [-0.15, -0.1) is 0 Å². The minimum atomic E-state index is 1.17. The van der Waals surface area contributed by atoms with Crippen LogP contribution in [-0.2, 0) is 0 Å². The average molecular weight is 216 g/mol. The van der Waals surface area contributed by atoms with Gasteiger partial charge in [0.05, 0.1) is 0 Å². The number of aryl methyl sites for hydroxylation is 2. The van der Waals surface area contributed by atoms with Crippen LogP contribution in [0.4, 0.5) is 0 Å². The van der Waals surface area contributed by atoms with Gasteiger partial charge in [0.15, 0.2) is 0 Å². The minimum Gasteiger partial charge on any atom is -0.0699 e. The first kappa shape index (κ1) is 13.0. The summed E-state index contributed by atoms with van der Waals surface area (Å²) < 4.78 is 0. The fourth-order valence-electron chi connectivity index (χ4n) is 2.11. The minimum absolute atomic E-state index is 1.17. The Morgan fingerprint density at radius 3 is 2.38 bits per heavy atom. The molecule has 88 valence electrons. The second-order valence-corrected chi connectivity index (χ2v) is 4.70. The van der Waals surface area contributed by atoms with Crippen LogP contribution in [-0.4, -0.2) is 0 Å². The molecule has 0 fully saturated rings. The van der Waals surface area contributed by atoms with Crippen LogP contribution in [0.3, 0.4) is 0 Å². The second-order valence-electron chi connectivity index (χ2n) is 4.70. The molecule has 0 heteroatoms. The van der Waals surface area contributed by atoms with E-state index >= 15 is 0 Å². The summed E-state index contributed by atoms with van der Waals surface area (Å²) in [7, 11) is 0. The Bertz CT molecular complexity index is 383. The van der Waals surface area contributed by atoms with Crippen LogP contribution in [0.2, 0.25) is 0 Å². The molecule has 0 bridgehead atoms. The lowest BCUT2D eigenvalue weighted by atomic mass is 9.96. The number of allylic oxidation sites excluding steroid dienone is 1. The Morgan fingerprint density at radius 2 is 1.81 bits per heavy atom. The van der Waals surface area contributed by atoms with E-state index < -0.39 is 0 Å². The van der Waals surface area contributed by atoms with Crippen LogP contribution in [0.15, 0.2) is 17.7 Å². The van der Waals surface area contributed by atoms with Gasteiger partial charge in [0.2, 0.25) is 0 Å². The van der Waals surface area contributed by atoms with Crippen molar-refractivity contribution in [2.24, 2.45) is 0 Å². The Kier molecular flexibility index (Phi) is 4.79. The van der Waals surface area contributed by atoms with Crippen LogP contribution in [0.1, 0.15) is 55.4 Å². The predicted octanol–water partition coefficient (Wildman–Crippen LogP) is 5.21. The lowest BCUT2D eigenvalue weighted by molar-refractivity contribution is 0.866. The Hall–Kier alpha value is -1.04. The topological polar surface area (TPSA) is 0 Å². The highest BCUT2D eigenvalue weighted by atomic mass is 14.1. The molecule has 0 aliphatic rings. The van der Waals surface area contributed by atoms with E-state index in [1.54, 1.807) is 5.57 Å². The molecule has 0 nitrogen and oxygen atoms in total. The molecular weight excluding hydrogens is 192 g/mol. The molecule has 0 aliphatic carbocycles. The number of benzene rings is 1. The molecule has 0 saturated heterocycles. The first-order valence-electron chi connectivity index (χ1n) is 6.35. The maximum atomic E-state index is 2.39. The maximum absolute atomic E-state index is 2.39. The van der Waals surface area contributed by atoms with Gasteiger partial charge in [-0.25, -0.2) is 0 Å². The van der Waals surface area contributed by atoms with Crippen LogP contribution in [0.5, 0.6) is 0 Å². The summed E-state index contributed by atoms with van der Waals surface area (Å²) in [5.74, 6) is 0. The van der Waals surface area contributed by atoms with Gasteiger partial charge in [-0.05, 0) is 50.3 Å². The highest BCUT2D eigenvalue weighted by Crippen LogP contribution is 2.21.